The van der Waals surface area contributed by atoms with Crippen molar-refractivity contribution in [2.75, 3.05) is 5.32 Å². The summed E-state index contributed by atoms with van der Waals surface area (Å²) in [6, 6.07) is 17.1. The molecular formula is C22H16ClN3O4. The number of nitro groups is 2. The highest BCUT2D eigenvalue weighted by atomic mass is 35.5. The third-order valence-corrected chi connectivity index (χ3v) is 6.46. The molecule has 0 aromatic heterocycles. The maximum Gasteiger partial charge on any atom is 0.269 e. The molecule has 8 heteroatoms. The SMILES string of the molecule is O=[N+]([O-])c1ccc2c(c1)[C@@H]1c3ccccc3C[C@H]1[C@H](c1cc([N+](=O)[O-])ccc1Cl)N2. The van der Waals surface area contributed by atoms with Crippen LogP contribution in [0.25, 0.3) is 0 Å². The number of hydrogen-bond acceptors (Lipinski definition) is 5. The topological polar surface area (TPSA) is 98.3 Å². The van der Waals surface area contributed by atoms with Crippen molar-refractivity contribution in [3.63, 3.8) is 0 Å². The van der Waals surface area contributed by atoms with Crippen molar-refractivity contribution in [3.05, 3.63) is 108 Å². The fraction of sp³-hybridized carbons (Fsp3) is 0.182. The van der Waals surface area contributed by atoms with E-state index in [1.54, 1.807) is 18.2 Å². The minimum absolute atomic E-state index is 0.0160. The summed E-state index contributed by atoms with van der Waals surface area (Å²) < 4.78 is 0. The average molecular weight is 422 g/mol. The maximum atomic E-state index is 11.4. The van der Waals surface area contributed by atoms with Crippen molar-refractivity contribution in [1.29, 1.82) is 0 Å². The molecule has 1 heterocycles. The number of nitrogens with one attached hydrogen (secondary N) is 1. The van der Waals surface area contributed by atoms with Gasteiger partial charge >= 0.3 is 0 Å². The molecule has 0 bridgehead atoms. The molecule has 150 valence electrons. The highest BCUT2D eigenvalue weighted by molar-refractivity contribution is 6.31. The van der Waals surface area contributed by atoms with Crippen LogP contribution in [0.4, 0.5) is 17.1 Å². The van der Waals surface area contributed by atoms with Crippen LogP contribution in [-0.4, -0.2) is 9.85 Å². The van der Waals surface area contributed by atoms with Crippen LogP contribution in [0, 0.1) is 26.1 Å². The van der Waals surface area contributed by atoms with Crippen LogP contribution in [0.3, 0.4) is 0 Å². The van der Waals surface area contributed by atoms with Crippen LogP contribution < -0.4 is 5.32 Å². The molecule has 3 aromatic rings. The van der Waals surface area contributed by atoms with Gasteiger partial charge in [0.1, 0.15) is 0 Å². The standard InChI is InChI=1S/C22H16ClN3O4/c23-19-7-5-13(25(27)28)10-16(19)22-18-9-12-3-1-2-4-15(12)21(18)17-11-14(26(29)30)6-8-20(17)24-22/h1-8,10-11,18,21-22,24H,9H2/t18-,21+,22+/m1/s1. The highest BCUT2D eigenvalue weighted by Crippen LogP contribution is 2.55. The third kappa shape index (κ3) is 2.81. The van der Waals surface area contributed by atoms with Gasteiger partial charge in [-0.15, -0.1) is 0 Å². The monoisotopic (exact) mass is 421 g/mol. The lowest BCUT2D eigenvalue weighted by atomic mass is 9.75. The van der Waals surface area contributed by atoms with Gasteiger partial charge in [0.05, 0.1) is 15.9 Å². The smallest absolute Gasteiger partial charge is 0.269 e. The molecule has 1 N–H and O–H groups in total. The molecule has 0 saturated heterocycles. The predicted octanol–water partition coefficient (Wildman–Crippen LogP) is 5.63. The number of nitro benzene ring substituents is 2. The number of fused-ring (bicyclic) bond motifs is 5. The molecule has 0 saturated carbocycles. The molecule has 0 spiro atoms. The normalized spacial score (nSPS) is 21.2. The molecular weight excluding hydrogens is 406 g/mol. The second-order valence-corrected chi connectivity index (χ2v) is 8.07. The largest absolute Gasteiger partial charge is 0.378 e. The van der Waals surface area contributed by atoms with Crippen LogP contribution in [-0.2, 0) is 6.42 Å². The zero-order valence-corrected chi connectivity index (χ0v) is 16.4. The first-order valence-electron chi connectivity index (χ1n) is 9.50. The fourth-order valence-electron chi connectivity index (χ4n) is 4.85. The third-order valence-electron chi connectivity index (χ3n) is 6.12. The Morgan fingerprint density at radius 3 is 2.27 bits per heavy atom. The molecule has 1 aliphatic carbocycles. The number of rotatable bonds is 3. The Morgan fingerprint density at radius 1 is 0.867 bits per heavy atom. The minimum Gasteiger partial charge on any atom is -0.378 e. The Kier molecular flexibility index (Phi) is 4.22. The molecule has 0 unspecified atom stereocenters. The van der Waals surface area contributed by atoms with Crippen LogP contribution >= 0.6 is 11.6 Å². The van der Waals surface area contributed by atoms with Crippen molar-refractivity contribution in [3.8, 4) is 0 Å². The first kappa shape index (κ1) is 18.6. The predicted molar refractivity (Wildman–Crippen MR) is 113 cm³/mol. The molecule has 1 aliphatic heterocycles. The molecule has 5 rings (SSSR count). The quantitative estimate of drug-likeness (QED) is 0.436. The number of benzene rings is 3. The van der Waals surface area contributed by atoms with Gasteiger partial charge in [-0.2, -0.15) is 0 Å². The van der Waals surface area contributed by atoms with Crippen LogP contribution in [0.15, 0.2) is 60.7 Å². The second kappa shape index (κ2) is 6.81. The van der Waals surface area contributed by atoms with Crippen molar-refractivity contribution in [2.45, 2.75) is 18.4 Å². The minimum atomic E-state index is -0.430. The fourth-order valence-corrected chi connectivity index (χ4v) is 5.09. The molecule has 0 fully saturated rings. The van der Waals surface area contributed by atoms with E-state index in [1.165, 1.54) is 23.8 Å². The summed E-state index contributed by atoms with van der Waals surface area (Å²) in [4.78, 5) is 21.9. The lowest BCUT2D eigenvalue weighted by Crippen LogP contribution is -2.30. The van der Waals surface area contributed by atoms with Gasteiger partial charge in [0.25, 0.3) is 11.4 Å². The van der Waals surface area contributed by atoms with Gasteiger partial charge in [-0.1, -0.05) is 35.9 Å². The van der Waals surface area contributed by atoms with Crippen molar-refractivity contribution >= 4 is 28.7 Å². The molecule has 30 heavy (non-hydrogen) atoms. The van der Waals surface area contributed by atoms with Gasteiger partial charge in [0.2, 0.25) is 0 Å². The summed E-state index contributed by atoms with van der Waals surface area (Å²) in [5.74, 6) is -0.0333. The summed E-state index contributed by atoms with van der Waals surface area (Å²) in [7, 11) is 0. The van der Waals surface area contributed by atoms with Gasteiger partial charge in [-0.25, -0.2) is 0 Å². The molecule has 0 amide bonds. The van der Waals surface area contributed by atoms with Crippen LogP contribution in [0.2, 0.25) is 5.02 Å². The number of anilines is 1. The molecule has 2 aliphatic rings. The van der Waals surface area contributed by atoms with E-state index in [0.29, 0.717) is 10.6 Å². The molecule has 7 nitrogen and oxygen atoms in total. The van der Waals surface area contributed by atoms with E-state index in [1.807, 2.05) is 12.1 Å². The Bertz CT molecular complexity index is 1210. The van der Waals surface area contributed by atoms with E-state index in [2.05, 4.69) is 17.4 Å². The Hall–Kier alpha value is -3.45. The molecule has 3 aromatic carbocycles. The number of non-ortho nitro benzene ring substituents is 2. The van der Waals surface area contributed by atoms with Gasteiger partial charge in [0.15, 0.2) is 0 Å². The van der Waals surface area contributed by atoms with Crippen molar-refractivity contribution in [1.82, 2.24) is 0 Å². The second-order valence-electron chi connectivity index (χ2n) is 7.66. The van der Waals surface area contributed by atoms with E-state index in [4.69, 9.17) is 11.6 Å². The van der Waals surface area contributed by atoms with Gasteiger partial charge in [0, 0.05) is 46.5 Å². The average Bonchev–Trinajstić information content (AvgIpc) is 3.13. The Balaban J connectivity index is 1.70. The summed E-state index contributed by atoms with van der Waals surface area (Å²) in [6.07, 6.45) is 0.750. The highest BCUT2D eigenvalue weighted by Gasteiger charge is 2.44. The Labute approximate surface area is 176 Å². The van der Waals surface area contributed by atoms with Gasteiger partial charge < -0.3 is 5.32 Å². The van der Waals surface area contributed by atoms with Gasteiger partial charge in [-0.05, 0) is 41.2 Å². The number of hydrogen-bond donors (Lipinski definition) is 1. The zero-order chi connectivity index (χ0) is 21.0. The van der Waals surface area contributed by atoms with Gasteiger partial charge in [-0.3, -0.25) is 20.2 Å². The first-order valence-corrected chi connectivity index (χ1v) is 9.88. The summed E-state index contributed by atoms with van der Waals surface area (Å²) in [6.45, 7) is 0. The lowest BCUT2D eigenvalue weighted by Gasteiger charge is -2.38. The molecule has 0 radical (unpaired) electrons. The summed E-state index contributed by atoms with van der Waals surface area (Å²) in [5, 5.41) is 26.6. The van der Waals surface area contributed by atoms with E-state index < -0.39 is 4.92 Å². The Morgan fingerprint density at radius 2 is 1.53 bits per heavy atom. The van der Waals surface area contributed by atoms with Crippen molar-refractivity contribution in [2.24, 2.45) is 5.92 Å². The van der Waals surface area contributed by atoms with E-state index >= 15 is 0 Å². The maximum absolute atomic E-state index is 11.4. The molecule has 3 atom stereocenters. The van der Waals surface area contributed by atoms with E-state index in [0.717, 1.165) is 23.2 Å². The van der Waals surface area contributed by atoms with Crippen LogP contribution in [0.5, 0.6) is 0 Å². The first-order chi connectivity index (χ1) is 14.4. The summed E-state index contributed by atoms with van der Waals surface area (Å²) in [5.41, 5.74) is 4.67. The van der Waals surface area contributed by atoms with Crippen LogP contribution in [0.1, 0.15) is 34.2 Å². The zero-order valence-electron chi connectivity index (χ0n) is 15.6. The van der Waals surface area contributed by atoms with E-state index in [-0.39, 0.29) is 34.2 Å². The number of halogens is 1. The van der Waals surface area contributed by atoms with E-state index in [9.17, 15) is 20.2 Å². The summed E-state index contributed by atoms with van der Waals surface area (Å²) >= 11 is 6.48. The van der Waals surface area contributed by atoms with Crippen molar-refractivity contribution < 1.29 is 9.85 Å². The lowest BCUT2D eigenvalue weighted by molar-refractivity contribution is -0.385. The number of nitrogens with zero attached hydrogens (tertiary/aromatic N) is 2.